The van der Waals surface area contributed by atoms with Crippen LogP contribution in [0.5, 0.6) is 0 Å². The molecule has 0 amide bonds. The summed E-state index contributed by atoms with van der Waals surface area (Å²) in [6, 6.07) is 2.79. The minimum Gasteiger partial charge on any atom is -0.384 e. The molecule has 0 atom stereocenters. The van der Waals surface area contributed by atoms with Gasteiger partial charge in [-0.05, 0) is 18.2 Å². The van der Waals surface area contributed by atoms with E-state index in [-0.39, 0.29) is 11.3 Å². The zero-order chi connectivity index (χ0) is 16.1. The molecular weight excluding hydrogens is 316 g/mol. The fourth-order valence-electron chi connectivity index (χ4n) is 1.20. The Balaban J connectivity index is 2.96. The predicted molar refractivity (Wildman–Crippen MR) is 67.0 cm³/mol. The molecule has 0 fully saturated rings. The molecule has 1 rings (SSSR count). The van der Waals surface area contributed by atoms with Crippen LogP contribution in [-0.4, -0.2) is 32.9 Å². The molecule has 3 N–H and O–H groups in total. The molecule has 0 saturated heterocycles. The Morgan fingerprint density at radius 2 is 1.95 bits per heavy atom. The number of hydrogen-bond donors (Lipinski definition) is 3. The summed E-state index contributed by atoms with van der Waals surface area (Å²) in [4.78, 5) is 0. The molecule has 0 saturated carbocycles. The molecule has 10 heteroatoms. The van der Waals surface area contributed by atoms with Gasteiger partial charge in [0.2, 0.25) is 0 Å². The Morgan fingerprint density at radius 1 is 1.29 bits per heavy atom. The summed E-state index contributed by atoms with van der Waals surface area (Å²) in [5, 5.41) is 8.55. The van der Waals surface area contributed by atoms with E-state index in [0.29, 0.717) is 0 Å². The molecular formula is C11H10F4N2O3S. The summed E-state index contributed by atoms with van der Waals surface area (Å²) in [6.45, 7) is -2.30. The molecule has 1 aromatic carbocycles. The van der Waals surface area contributed by atoms with Gasteiger partial charge in [-0.3, -0.25) is 4.72 Å². The highest BCUT2D eigenvalue weighted by Gasteiger charge is 2.29. The van der Waals surface area contributed by atoms with E-state index in [9.17, 15) is 26.0 Å². The van der Waals surface area contributed by atoms with Crippen molar-refractivity contribution >= 4 is 15.9 Å². The first kappa shape index (κ1) is 17.2. The van der Waals surface area contributed by atoms with E-state index in [1.807, 2.05) is 0 Å². The van der Waals surface area contributed by atoms with Gasteiger partial charge in [-0.15, -0.1) is 0 Å². The van der Waals surface area contributed by atoms with Crippen LogP contribution < -0.4 is 9.44 Å². The number of aliphatic hydroxyl groups excluding tert-OH is 1. The summed E-state index contributed by atoms with van der Waals surface area (Å²) >= 11 is 0. The Hall–Kier alpha value is -1.83. The van der Waals surface area contributed by atoms with Crippen LogP contribution in [0.25, 0.3) is 0 Å². The Bertz CT molecular complexity index is 662. The molecule has 0 spiro atoms. The Kier molecular flexibility index (Phi) is 5.54. The van der Waals surface area contributed by atoms with Gasteiger partial charge in [-0.25, -0.2) is 4.39 Å². The van der Waals surface area contributed by atoms with Gasteiger partial charge in [-0.1, -0.05) is 11.8 Å². The van der Waals surface area contributed by atoms with E-state index in [4.69, 9.17) is 5.11 Å². The smallest absolute Gasteiger partial charge is 0.384 e. The second-order valence-corrected chi connectivity index (χ2v) is 5.19. The quantitative estimate of drug-likeness (QED) is 0.570. The van der Waals surface area contributed by atoms with Crippen LogP contribution in [0.1, 0.15) is 5.56 Å². The van der Waals surface area contributed by atoms with Crippen LogP contribution in [0, 0.1) is 17.7 Å². The topological polar surface area (TPSA) is 78.4 Å². The highest BCUT2D eigenvalue weighted by atomic mass is 32.2. The van der Waals surface area contributed by atoms with E-state index in [2.05, 4.69) is 11.8 Å². The van der Waals surface area contributed by atoms with Gasteiger partial charge in [0, 0.05) is 0 Å². The summed E-state index contributed by atoms with van der Waals surface area (Å²) in [5.74, 6) is 3.74. The summed E-state index contributed by atoms with van der Waals surface area (Å²) in [7, 11) is -4.50. The minimum absolute atomic E-state index is 0.124. The van der Waals surface area contributed by atoms with Gasteiger partial charge < -0.3 is 5.11 Å². The first-order valence-electron chi connectivity index (χ1n) is 5.36. The number of aliphatic hydroxyl groups is 1. The molecule has 0 radical (unpaired) electrons. The average molecular weight is 326 g/mol. The second kappa shape index (κ2) is 6.75. The van der Waals surface area contributed by atoms with Crippen molar-refractivity contribution in [3.8, 4) is 11.8 Å². The zero-order valence-electron chi connectivity index (χ0n) is 10.3. The van der Waals surface area contributed by atoms with E-state index >= 15 is 0 Å². The lowest BCUT2D eigenvalue weighted by molar-refractivity contribution is -0.121. The SMILES string of the molecule is O=S(=O)(NCC(F)(F)F)Nc1ccc(F)cc1C#CCO. The number of nitrogens with one attached hydrogen (secondary N) is 2. The summed E-state index contributed by atoms with van der Waals surface area (Å²) in [6.07, 6.45) is -4.71. The van der Waals surface area contributed by atoms with Crippen LogP contribution in [0.4, 0.5) is 23.2 Å². The van der Waals surface area contributed by atoms with Gasteiger partial charge in [0.15, 0.2) is 0 Å². The zero-order valence-corrected chi connectivity index (χ0v) is 11.1. The van der Waals surface area contributed by atoms with Crippen molar-refractivity contribution < 1.29 is 31.1 Å². The molecule has 0 heterocycles. The molecule has 5 nitrogen and oxygen atoms in total. The highest BCUT2D eigenvalue weighted by Crippen LogP contribution is 2.18. The molecule has 0 unspecified atom stereocenters. The van der Waals surface area contributed by atoms with Crippen molar-refractivity contribution in [1.82, 2.24) is 4.72 Å². The van der Waals surface area contributed by atoms with E-state index in [1.165, 1.54) is 4.72 Å². The van der Waals surface area contributed by atoms with Crippen molar-refractivity contribution in [3.05, 3.63) is 29.6 Å². The van der Waals surface area contributed by atoms with Crippen LogP contribution in [0.15, 0.2) is 18.2 Å². The number of benzene rings is 1. The molecule has 0 aromatic heterocycles. The summed E-state index contributed by atoms with van der Waals surface area (Å²) < 4.78 is 74.9. The standard InChI is InChI=1S/C11H10F4N2O3S/c12-9-3-4-10(8(6-9)2-1-5-18)17-21(19,20)16-7-11(13,14)15/h3-4,6,16-18H,5,7H2. The third kappa shape index (κ3) is 6.44. The molecule has 21 heavy (non-hydrogen) atoms. The van der Waals surface area contributed by atoms with Crippen molar-refractivity contribution in [3.63, 3.8) is 0 Å². The van der Waals surface area contributed by atoms with Crippen LogP contribution in [0.2, 0.25) is 0 Å². The summed E-state index contributed by atoms with van der Waals surface area (Å²) in [5.41, 5.74) is -0.339. The third-order valence-electron chi connectivity index (χ3n) is 1.99. The largest absolute Gasteiger partial charge is 0.402 e. The Labute approximate surface area is 118 Å². The number of rotatable bonds is 4. The van der Waals surface area contributed by atoms with Crippen LogP contribution >= 0.6 is 0 Å². The van der Waals surface area contributed by atoms with Crippen molar-refractivity contribution in [1.29, 1.82) is 0 Å². The van der Waals surface area contributed by atoms with Crippen molar-refractivity contribution in [2.24, 2.45) is 0 Å². The maximum Gasteiger partial charge on any atom is 0.402 e. The minimum atomic E-state index is -4.71. The molecule has 0 bridgehead atoms. The van der Waals surface area contributed by atoms with Gasteiger partial charge in [-0.2, -0.15) is 26.3 Å². The van der Waals surface area contributed by atoms with Gasteiger partial charge in [0.1, 0.15) is 19.0 Å². The van der Waals surface area contributed by atoms with Crippen molar-refractivity contribution in [2.45, 2.75) is 6.18 Å². The molecule has 1 aromatic rings. The number of hydrogen-bond acceptors (Lipinski definition) is 3. The molecule has 116 valence electrons. The maximum absolute atomic E-state index is 13.0. The lowest BCUT2D eigenvalue weighted by Crippen LogP contribution is -2.37. The lowest BCUT2D eigenvalue weighted by Gasteiger charge is -2.12. The van der Waals surface area contributed by atoms with Crippen molar-refractivity contribution in [2.75, 3.05) is 17.9 Å². The maximum atomic E-state index is 13.0. The van der Waals surface area contributed by atoms with E-state index in [1.54, 1.807) is 4.72 Å². The van der Waals surface area contributed by atoms with Gasteiger partial charge >= 0.3 is 6.18 Å². The van der Waals surface area contributed by atoms with Crippen LogP contribution in [-0.2, 0) is 10.2 Å². The number of halogens is 4. The molecule has 0 aliphatic heterocycles. The lowest BCUT2D eigenvalue weighted by atomic mass is 10.2. The van der Waals surface area contributed by atoms with Gasteiger partial charge in [0.05, 0.1) is 11.3 Å². The number of alkyl halides is 3. The monoisotopic (exact) mass is 326 g/mol. The highest BCUT2D eigenvalue weighted by molar-refractivity contribution is 7.90. The molecule has 0 aliphatic carbocycles. The fraction of sp³-hybridized carbons (Fsp3) is 0.273. The predicted octanol–water partition coefficient (Wildman–Crippen LogP) is 0.978. The average Bonchev–Trinajstić information content (AvgIpc) is 2.36. The number of anilines is 1. The van der Waals surface area contributed by atoms with E-state index < -0.39 is 35.4 Å². The second-order valence-electron chi connectivity index (χ2n) is 3.69. The van der Waals surface area contributed by atoms with Gasteiger partial charge in [0.25, 0.3) is 10.2 Å². The first-order valence-corrected chi connectivity index (χ1v) is 6.85. The third-order valence-corrected chi connectivity index (χ3v) is 3.00. The normalized spacial score (nSPS) is 11.7. The fourth-order valence-corrected chi connectivity index (χ4v) is 2.09. The van der Waals surface area contributed by atoms with E-state index in [0.717, 1.165) is 18.2 Å². The first-order chi connectivity index (χ1) is 9.63. The molecule has 0 aliphatic rings. The Morgan fingerprint density at radius 3 is 2.52 bits per heavy atom. The van der Waals surface area contributed by atoms with Crippen LogP contribution in [0.3, 0.4) is 0 Å².